The second-order valence-electron chi connectivity index (χ2n) is 8.64. The average Bonchev–Trinajstić information content (AvgIpc) is 3.64. The smallest absolute Gasteiger partial charge is 0.236 e. The van der Waals surface area contributed by atoms with Gasteiger partial charge in [-0.25, -0.2) is 4.98 Å². The molecule has 0 fully saturated rings. The number of fused-ring (bicyclic) bond motifs is 2. The zero-order valence-corrected chi connectivity index (χ0v) is 22.4. The average molecular weight is 541 g/mol. The number of ether oxygens (including phenoxy) is 1. The topological polar surface area (TPSA) is 97.7 Å². The minimum Gasteiger partial charge on any atom is -0.494 e. The fourth-order valence-electron chi connectivity index (χ4n) is 4.26. The van der Waals surface area contributed by atoms with Crippen LogP contribution < -0.4 is 10.1 Å². The number of anilines is 1. The number of nitrogens with one attached hydrogen (secondary N) is 2. The van der Waals surface area contributed by atoms with Crippen molar-refractivity contribution >= 4 is 55.3 Å². The normalized spacial score (nSPS) is 11.3. The van der Waals surface area contributed by atoms with Crippen molar-refractivity contribution in [3.8, 4) is 22.8 Å². The molecule has 0 atom stereocenters. The van der Waals surface area contributed by atoms with Crippen molar-refractivity contribution in [1.29, 1.82) is 0 Å². The van der Waals surface area contributed by atoms with E-state index in [0.717, 1.165) is 43.7 Å². The van der Waals surface area contributed by atoms with E-state index >= 15 is 0 Å². The Morgan fingerprint density at radius 2 is 1.95 bits per heavy atom. The third-order valence-electron chi connectivity index (χ3n) is 5.99. The van der Waals surface area contributed by atoms with Crippen LogP contribution in [0.1, 0.15) is 12.5 Å². The number of thiazole rings is 1. The molecule has 0 bridgehead atoms. The van der Waals surface area contributed by atoms with Crippen molar-refractivity contribution in [1.82, 2.24) is 24.7 Å². The standard InChI is InChI=1S/C28H24N6O2S2/c1-3-36-19-11-9-18(10-12-19)34-26(21-15-29-22-7-5-4-6-20(21)22)32-33-28(34)37-16-25(35)31-27-30-23-13-8-17(2)14-24(23)38-27/h4-15,29H,3,16H2,1-2H3,(H,30,31,35). The summed E-state index contributed by atoms with van der Waals surface area (Å²) in [7, 11) is 0. The van der Waals surface area contributed by atoms with E-state index in [2.05, 4.69) is 37.6 Å². The number of hydrogen-bond acceptors (Lipinski definition) is 7. The summed E-state index contributed by atoms with van der Waals surface area (Å²) in [5.74, 6) is 1.49. The second kappa shape index (κ2) is 10.3. The van der Waals surface area contributed by atoms with Crippen LogP contribution in [0.4, 0.5) is 5.13 Å². The van der Waals surface area contributed by atoms with Crippen molar-refractivity contribution in [2.75, 3.05) is 17.7 Å². The maximum Gasteiger partial charge on any atom is 0.236 e. The third kappa shape index (κ3) is 4.75. The van der Waals surface area contributed by atoms with Crippen molar-refractivity contribution < 1.29 is 9.53 Å². The van der Waals surface area contributed by atoms with Crippen molar-refractivity contribution in [3.05, 3.63) is 78.5 Å². The van der Waals surface area contributed by atoms with Gasteiger partial charge in [-0.3, -0.25) is 9.36 Å². The molecule has 2 N–H and O–H groups in total. The van der Waals surface area contributed by atoms with Gasteiger partial charge >= 0.3 is 0 Å². The summed E-state index contributed by atoms with van der Waals surface area (Å²) in [6, 6.07) is 21.9. The summed E-state index contributed by atoms with van der Waals surface area (Å²) in [4.78, 5) is 20.7. The van der Waals surface area contributed by atoms with Gasteiger partial charge in [0, 0.05) is 28.4 Å². The minimum absolute atomic E-state index is 0.152. The van der Waals surface area contributed by atoms with Gasteiger partial charge in [-0.15, -0.1) is 10.2 Å². The molecular weight excluding hydrogens is 516 g/mol. The number of hydrogen-bond donors (Lipinski definition) is 2. The highest BCUT2D eigenvalue weighted by atomic mass is 32.2. The molecular formula is C28H24N6O2S2. The second-order valence-corrected chi connectivity index (χ2v) is 10.6. The highest BCUT2D eigenvalue weighted by molar-refractivity contribution is 7.99. The van der Waals surface area contributed by atoms with Gasteiger partial charge in [-0.1, -0.05) is 47.4 Å². The first-order chi connectivity index (χ1) is 18.6. The number of amides is 1. The molecule has 1 amide bonds. The molecule has 0 saturated heterocycles. The molecule has 0 aliphatic carbocycles. The molecule has 0 unspecified atom stereocenters. The quantitative estimate of drug-likeness (QED) is 0.215. The highest BCUT2D eigenvalue weighted by Crippen LogP contribution is 2.33. The number of nitrogens with zero attached hydrogens (tertiary/aromatic N) is 4. The zero-order chi connectivity index (χ0) is 26.1. The predicted molar refractivity (Wildman–Crippen MR) is 154 cm³/mol. The van der Waals surface area contributed by atoms with E-state index in [0.29, 0.717) is 22.7 Å². The molecule has 190 valence electrons. The van der Waals surface area contributed by atoms with Crippen LogP contribution in [0.15, 0.2) is 78.1 Å². The largest absolute Gasteiger partial charge is 0.494 e. The molecule has 38 heavy (non-hydrogen) atoms. The molecule has 3 aromatic carbocycles. The lowest BCUT2D eigenvalue weighted by Gasteiger charge is -2.11. The van der Waals surface area contributed by atoms with Gasteiger partial charge in [0.25, 0.3) is 0 Å². The molecule has 6 aromatic rings. The number of benzene rings is 3. The lowest BCUT2D eigenvalue weighted by atomic mass is 10.1. The Morgan fingerprint density at radius 3 is 2.79 bits per heavy atom. The molecule has 3 aromatic heterocycles. The maximum atomic E-state index is 12.9. The van der Waals surface area contributed by atoms with Gasteiger partial charge in [0.15, 0.2) is 16.1 Å². The molecule has 0 spiro atoms. The molecule has 10 heteroatoms. The van der Waals surface area contributed by atoms with Gasteiger partial charge in [0.05, 0.1) is 22.6 Å². The van der Waals surface area contributed by atoms with Crippen molar-refractivity contribution in [2.24, 2.45) is 0 Å². The van der Waals surface area contributed by atoms with Gasteiger partial charge < -0.3 is 15.0 Å². The summed E-state index contributed by atoms with van der Waals surface area (Å²) in [5, 5.41) is 14.2. The SMILES string of the molecule is CCOc1ccc(-n2c(SCC(=O)Nc3nc4ccc(C)cc4s3)nnc2-c2c[nH]c3ccccc23)cc1. The maximum absolute atomic E-state index is 12.9. The van der Waals surface area contributed by atoms with E-state index in [-0.39, 0.29) is 11.7 Å². The van der Waals surface area contributed by atoms with E-state index in [1.165, 1.54) is 23.1 Å². The Balaban J connectivity index is 1.29. The summed E-state index contributed by atoms with van der Waals surface area (Å²) in [6.07, 6.45) is 1.94. The summed E-state index contributed by atoms with van der Waals surface area (Å²) < 4.78 is 8.65. The van der Waals surface area contributed by atoms with E-state index < -0.39 is 0 Å². The number of aromatic amines is 1. The summed E-state index contributed by atoms with van der Waals surface area (Å²) in [5.41, 5.74) is 4.87. The Bertz CT molecular complexity index is 1750. The summed E-state index contributed by atoms with van der Waals surface area (Å²) >= 11 is 2.80. The fourth-order valence-corrected chi connectivity index (χ4v) is 5.99. The van der Waals surface area contributed by atoms with Crippen LogP contribution >= 0.6 is 23.1 Å². The van der Waals surface area contributed by atoms with Crippen LogP contribution in [0.3, 0.4) is 0 Å². The molecule has 0 aliphatic rings. The minimum atomic E-state index is -0.152. The number of rotatable bonds is 8. The molecule has 0 aliphatic heterocycles. The molecule has 0 radical (unpaired) electrons. The first-order valence-electron chi connectivity index (χ1n) is 12.1. The van der Waals surface area contributed by atoms with Crippen LogP contribution in [0.2, 0.25) is 0 Å². The summed E-state index contributed by atoms with van der Waals surface area (Å²) in [6.45, 7) is 4.59. The zero-order valence-electron chi connectivity index (χ0n) is 20.8. The number of aryl methyl sites for hydroxylation is 1. The van der Waals surface area contributed by atoms with Gasteiger partial charge in [0.1, 0.15) is 5.75 Å². The number of aromatic nitrogens is 5. The Morgan fingerprint density at radius 1 is 1.11 bits per heavy atom. The van der Waals surface area contributed by atoms with Crippen LogP contribution in [-0.2, 0) is 4.79 Å². The van der Waals surface area contributed by atoms with Crippen molar-refractivity contribution in [2.45, 2.75) is 19.0 Å². The van der Waals surface area contributed by atoms with Crippen molar-refractivity contribution in [3.63, 3.8) is 0 Å². The fraction of sp³-hybridized carbons (Fsp3) is 0.143. The molecule has 0 saturated carbocycles. The molecule has 3 heterocycles. The van der Waals surface area contributed by atoms with Gasteiger partial charge in [-0.2, -0.15) is 0 Å². The van der Waals surface area contributed by atoms with Crippen LogP contribution in [0, 0.1) is 6.92 Å². The Labute approximate surface area is 227 Å². The van der Waals surface area contributed by atoms with Crippen LogP contribution in [-0.4, -0.2) is 43.0 Å². The Hall–Kier alpha value is -4.15. The van der Waals surface area contributed by atoms with E-state index in [4.69, 9.17) is 4.74 Å². The number of thioether (sulfide) groups is 1. The lowest BCUT2D eigenvalue weighted by Crippen LogP contribution is -2.14. The number of carbonyl (C=O) groups excluding carboxylic acids is 1. The van der Waals surface area contributed by atoms with E-state index in [1.807, 2.05) is 79.2 Å². The Kier molecular flexibility index (Phi) is 6.57. The number of para-hydroxylation sites is 1. The number of H-pyrrole nitrogens is 1. The third-order valence-corrected chi connectivity index (χ3v) is 7.85. The van der Waals surface area contributed by atoms with Crippen LogP contribution in [0.5, 0.6) is 5.75 Å². The number of carbonyl (C=O) groups is 1. The lowest BCUT2D eigenvalue weighted by molar-refractivity contribution is -0.113. The monoisotopic (exact) mass is 540 g/mol. The molecule has 8 nitrogen and oxygen atoms in total. The van der Waals surface area contributed by atoms with E-state index in [1.54, 1.807) is 0 Å². The van der Waals surface area contributed by atoms with Gasteiger partial charge in [0.2, 0.25) is 5.91 Å². The first-order valence-corrected chi connectivity index (χ1v) is 13.9. The van der Waals surface area contributed by atoms with E-state index in [9.17, 15) is 4.79 Å². The highest BCUT2D eigenvalue weighted by Gasteiger charge is 2.20. The first kappa shape index (κ1) is 24.2. The van der Waals surface area contributed by atoms with Gasteiger partial charge in [-0.05, 0) is 61.9 Å². The van der Waals surface area contributed by atoms with Crippen LogP contribution in [0.25, 0.3) is 38.2 Å². The predicted octanol–water partition coefficient (Wildman–Crippen LogP) is 6.46. The molecule has 6 rings (SSSR count).